The van der Waals surface area contributed by atoms with Crippen LogP contribution in [0, 0.1) is 11.7 Å². The average molecular weight is 534 g/mol. The minimum atomic E-state index is -0.345. The molecule has 8 heteroatoms. The fraction of sp³-hybridized carbons (Fsp3) is 0.300. The van der Waals surface area contributed by atoms with Gasteiger partial charge in [-0.25, -0.2) is 4.39 Å². The third-order valence-corrected chi connectivity index (χ3v) is 7.51. The highest BCUT2D eigenvalue weighted by Gasteiger charge is 2.27. The second kappa shape index (κ2) is 12.8. The fourth-order valence-corrected chi connectivity index (χ4v) is 5.14. The van der Waals surface area contributed by atoms with Gasteiger partial charge in [0, 0.05) is 53.3 Å². The Morgan fingerprint density at radius 1 is 0.974 bits per heavy atom. The van der Waals surface area contributed by atoms with E-state index in [1.165, 1.54) is 19.1 Å². The van der Waals surface area contributed by atoms with E-state index in [4.69, 9.17) is 0 Å². The number of thioether (sulfide) groups is 1. The molecule has 0 radical (unpaired) electrons. The molecule has 3 aromatic rings. The normalized spacial score (nSPS) is 14.2. The van der Waals surface area contributed by atoms with Gasteiger partial charge in [0.15, 0.2) is 5.78 Å². The molecule has 0 aliphatic carbocycles. The molecule has 1 saturated heterocycles. The molecule has 4 rings (SSSR count). The summed E-state index contributed by atoms with van der Waals surface area (Å²) in [7, 11) is 0. The Labute approximate surface area is 227 Å². The molecule has 1 heterocycles. The lowest BCUT2D eigenvalue weighted by Gasteiger charge is -2.33. The second-order valence-electron chi connectivity index (χ2n) is 9.40. The highest BCUT2D eigenvalue weighted by atomic mass is 32.2. The first-order chi connectivity index (χ1) is 18.3. The van der Waals surface area contributed by atoms with E-state index in [2.05, 4.69) is 10.2 Å². The molecule has 1 N–H and O–H groups in total. The Balaban J connectivity index is 1.42. The first kappa shape index (κ1) is 27.5. The van der Waals surface area contributed by atoms with Crippen LogP contribution in [-0.4, -0.2) is 54.9 Å². The van der Waals surface area contributed by atoms with E-state index >= 15 is 0 Å². The summed E-state index contributed by atoms with van der Waals surface area (Å²) in [5.41, 5.74) is 2.56. The first-order valence-electron chi connectivity index (χ1n) is 12.7. The summed E-state index contributed by atoms with van der Waals surface area (Å²) in [5, 5.41) is 2.73. The zero-order valence-electron chi connectivity index (χ0n) is 21.7. The van der Waals surface area contributed by atoms with Crippen LogP contribution in [-0.2, 0) is 4.79 Å². The van der Waals surface area contributed by atoms with E-state index in [0.29, 0.717) is 29.9 Å². The van der Waals surface area contributed by atoms with Crippen molar-refractivity contribution in [3.05, 3.63) is 89.7 Å². The second-order valence-corrected chi connectivity index (χ2v) is 10.3. The van der Waals surface area contributed by atoms with E-state index < -0.39 is 0 Å². The van der Waals surface area contributed by atoms with E-state index in [-0.39, 0.29) is 29.3 Å². The molecule has 0 atom stereocenters. The maximum Gasteiger partial charge on any atom is 0.258 e. The van der Waals surface area contributed by atoms with Gasteiger partial charge in [0.1, 0.15) is 5.82 Å². The Morgan fingerprint density at radius 3 is 2.26 bits per heavy atom. The highest BCUT2D eigenvalue weighted by molar-refractivity contribution is 7.98. The predicted octanol–water partition coefficient (Wildman–Crippen LogP) is 5.75. The smallest absolute Gasteiger partial charge is 0.258 e. The van der Waals surface area contributed by atoms with Crippen molar-refractivity contribution in [1.82, 2.24) is 4.90 Å². The number of piperidine rings is 1. The minimum absolute atomic E-state index is 0.0676. The van der Waals surface area contributed by atoms with Crippen LogP contribution in [0.5, 0.6) is 0 Å². The molecule has 1 aliphatic heterocycles. The zero-order valence-corrected chi connectivity index (χ0v) is 22.5. The van der Waals surface area contributed by atoms with Crippen LogP contribution in [0.15, 0.2) is 77.7 Å². The Morgan fingerprint density at radius 2 is 1.63 bits per heavy atom. The number of nitrogens with zero attached hydrogens (tertiary/aromatic N) is 2. The van der Waals surface area contributed by atoms with Crippen molar-refractivity contribution in [2.75, 3.05) is 42.7 Å². The van der Waals surface area contributed by atoms with Gasteiger partial charge in [-0.3, -0.25) is 14.4 Å². The quantitative estimate of drug-likeness (QED) is 0.280. The number of ketones is 1. The van der Waals surface area contributed by atoms with Crippen molar-refractivity contribution < 1.29 is 18.8 Å². The Hall–Kier alpha value is -3.49. The summed E-state index contributed by atoms with van der Waals surface area (Å²) in [6, 6.07) is 20.6. The summed E-state index contributed by atoms with van der Waals surface area (Å²) in [6.45, 7) is 4.14. The molecule has 0 spiro atoms. The van der Waals surface area contributed by atoms with Gasteiger partial charge in [0.05, 0.1) is 0 Å². The number of Topliss-reactive ketones (excluding diaryl/α,β-unsaturated/α-hetero) is 1. The molecule has 0 unspecified atom stereocenters. The van der Waals surface area contributed by atoms with Gasteiger partial charge >= 0.3 is 0 Å². The number of amides is 2. The number of benzene rings is 3. The van der Waals surface area contributed by atoms with Crippen LogP contribution in [0.1, 0.15) is 40.5 Å². The van der Waals surface area contributed by atoms with Crippen molar-refractivity contribution in [1.29, 1.82) is 0 Å². The Bertz CT molecular complexity index is 1270. The van der Waals surface area contributed by atoms with E-state index in [9.17, 15) is 18.8 Å². The van der Waals surface area contributed by atoms with E-state index in [0.717, 1.165) is 36.5 Å². The lowest BCUT2D eigenvalue weighted by molar-refractivity contribution is -0.114. The Kier molecular flexibility index (Phi) is 9.31. The van der Waals surface area contributed by atoms with Crippen molar-refractivity contribution >= 4 is 40.7 Å². The van der Waals surface area contributed by atoms with Gasteiger partial charge in [-0.1, -0.05) is 6.07 Å². The molecule has 6 nitrogen and oxygen atoms in total. The molecule has 1 fully saturated rings. The van der Waals surface area contributed by atoms with Gasteiger partial charge in [0.2, 0.25) is 5.91 Å². The van der Waals surface area contributed by atoms with Crippen LogP contribution in [0.2, 0.25) is 0 Å². The molecule has 198 valence electrons. The number of rotatable bonds is 9. The van der Waals surface area contributed by atoms with Crippen LogP contribution in [0.3, 0.4) is 0 Å². The monoisotopic (exact) mass is 533 g/mol. The van der Waals surface area contributed by atoms with Crippen molar-refractivity contribution in [2.45, 2.75) is 24.7 Å². The molecule has 0 saturated carbocycles. The molecule has 0 aromatic heterocycles. The zero-order chi connectivity index (χ0) is 27.1. The predicted molar refractivity (Wildman–Crippen MR) is 151 cm³/mol. The summed E-state index contributed by atoms with van der Waals surface area (Å²) >= 11 is 1.62. The van der Waals surface area contributed by atoms with E-state index in [1.807, 2.05) is 30.5 Å². The summed E-state index contributed by atoms with van der Waals surface area (Å²) < 4.78 is 13.2. The van der Waals surface area contributed by atoms with Gasteiger partial charge in [-0.2, -0.15) is 0 Å². The third-order valence-electron chi connectivity index (χ3n) is 6.79. The number of anilines is 2. The van der Waals surface area contributed by atoms with Crippen molar-refractivity contribution in [3.63, 3.8) is 0 Å². The van der Waals surface area contributed by atoms with Crippen molar-refractivity contribution in [2.24, 2.45) is 5.92 Å². The lowest BCUT2D eigenvalue weighted by atomic mass is 9.89. The number of hydrogen-bond acceptors (Lipinski definition) is 5. The molecule has 38 heavy (non-hydrogen) atoms. The molecule has 3 aromatic carbocycles. The van der Waals surface area contributed by atoms with Gasteiger partial charge in [-0.05, 0) is 98.9 Å². The van der Waals surface area contributed by atoms with Crippen molar-refractivity contribution in [3.8, 4) is 0 Å². The largest absolute Gasteiger partial charge is 0.326 e. The summed E-state index contributed by atoms with van der Waals surface area (Å²) in [4.78, 5) is 42.9. The highest BCUT2D eigenvalue weighted by Crippen LogP contribution is 2.26. The minimum Gasteiger partial charge on any atom is -0.326 e. The van der Waals surface area contributed by atoms with Gasteiger partial charge in [-0.15, -0.1) is 11.8 Å². The summed E-state index contributed by atoms with van der Waals surface area (Å²) in [5.74, 6) is -0.628. The summed E-state index contributed by atoms with van der Waals surface area (Å²) in [6.07, 6.45) is 3.47. The number of nitrogens with one attached hydrogen (secondary N) is 1. The van der Waals surface area contributed by atoms with Crippen LogP contribution < -0.4 is 10.2 Å². The van der Waals surface area contributed by atoms with Crippen LogP contribution >= 0.6 is 11.8 Å². The SMILES string of the molecule is CSc1cccc(N(CCN2CCC(C(=O)c3ccc(F)cc3)CC2)C(=O)c2ccc(NC(C)=O)cc2)c1. The standard InChI is InChI=1S/C30H32FN3O3S/c1-21(35)32-26-12-8-24(9-13-26)30(37)34(27-4-3-5-28(20-27)38-2)19-18-33-16-14-23(15-17-33)29(36)22-6-10-25(31)11-7-22/h3-13,20,23H,14-19H2,1-2H3,(H,32,35). The molecule has 1 aliphatic rings. The lowest BCUT2D eigenvalue weighted by Crippen LogP contribution is -2.42. The van der Waals surface area contributed by atoms with Gasteiger partial charge in [0.25, 0.3) is 5.91 Å². The molecular weight excluding hydrogens is 501 g/mol. The maximum atomic E-state index is 13.6. The van der Waals surface area contributed by atoms with Crippen LogP contribution in [0.4, 0.5) is 15.8 Å². The molecule has 2 amide bonds. The number of hydrogen-bond donors (Lipinski definition) is 1. The number of carbonyl (C=O) groups excluding carboxylic acids is 3. The fourth-order valence-electron chi connectivity index (χ4n) is 4.69. The first-order valence-corrected chi connectivity index (χ1v) is 13.9. The average Bonchev–Trinajstić information content (AvgIpc) is 2.93. The van der Waals surface area contributed by atoms with Crippen LogP contribution in [0.25, 0.3) is 0 Å². The third kappa shape index (κ3) is 7.08. The number of carbonyl (C=O) groups is 3. The molecule has 0 bridgehead atoms. The maximum absolute atomic E-state index is 13.6. The van der Waals surface area contributed by atoms with E-state index in [1.54, 1.807) is 53.1 Å². The number of halogens is 1. The number of likely N-dealkylation sites (tertiary alicyclic amines) is 1. The van der Waals surface area contributed by atoms with Gasteiger partial charge < -0.3 is 15.1 Å². The topological polar surface area (TPSA) is 69.7 Å². The molecular formula is C30H32FN3O3S.